The van der Waals surface area contributed by atoms with Gasteiger partial charge in [-0.1, -0.05) is 35.4 Å². The molecule has 0 aromatic heterocycles. The summed E-state index contributed by atoms with van der Waals surface area (Å²) in [6.07, 6.45) is 2.64. The standard InChI is InChI=1S/C6H12S3/c1-3-5-7-6(4-2)9-8-5/h5-6H,3-4H2,1-2H3/t5-,6-/m1/s1. The maximum absolute atomic E-state index is 2.27. The summed E-state index contributed by atoms with van der Waals surface area (Å²) in [5.74, 6) is 0. The Balaban J connectivity index is 2.20. The second-order valence-electron chi connectivity index (χ2n) is 2.00. The lowest BCUT2D eigenvalue weighted by Crippen LogP contribution is -1.91. The Labute approximate surface area is 69.3 Å². The van der Waals surface area contributed by atoms with Crippen LogP contribution >= 0.6 is 33.3 Å². The van der Waals surface area contributed by atoms with E-state index in [1.807, 2.05) is 0 Å². The average molecular weight is 180 g/mol. The minimum atomic E-state index is 0.875. The third-order valence-corrected chi connectivity index (χ3v) is 7.42. The van der Waals surface area contributed by atoms with Crippen LogP contribution in [0.15, 0.2) is 0 Å². The van der Waals surface area contributed by atoms with Gasteiger partial charge in [-0.3, -0.25) is 0 Å². The molecule has 9 heavy (non-hydrogen) atoms. The van der Waals surface area contributed by atoms with E-state index >= 15 is 0 Å². The largest absolute Gasteiger partial charge is 0.131 e. The Hall–Kier alpha value is 1.05. The van der Waals surface area contributed by atoms with E-state index in [2.05, 4.69) is 47.2 Å². The van der Waals surface area contributed by atoms with E-state index < -0.39 is 0 Å². The first-order valence-electron chi connectivity index (χ1n) is 3.34. The molecule has 0 aromatic rings. The first-order valence-corrected chi connectivity index (χ1v) is 6.56. The average Bonchev–Trinajstić information content (AvgIpc) is 2.34. The Kier molecular flexibility index (Phi) is 3.66. The van der Waals surface area contributed by atoms with Crippen molar-refractivity contribution in [2.24, 2.45) is 0 Å². The highest BCUT2D eigenvalue weighted by molar-refractivity contribution is 8.82. The van der Waals surface area contributed by atoms with E-state index in [1.165, 1.54) is 12.8 Å². The maximum atomic E-state index is 2.27. The Morgan fingerprint density at radius 2 is 1.44 bits per heavy atom. The molecule has 0 amide bonds. The summed E-state index contributed by atoms with van der Waals surface area (Å²) in [5, 5.41) is 0. The minimum absolute atomic E-state index is 0.875. The molecule has 1 saturated heterocycles. The zero-order valence-corrected chi connectivity index (χ0v) is 8.24. The van der Waals surface area contributed by atoms with Crippen molar-refractivity contribution in [1.82, 2.24) is 0 Å². The first-order chi connectivity index (χ1) is 4.36. The molecule has 2 atom stereocenters. The van der Waals surface area contributed by atoms with Gasteiger partial charge in [0.15, 0.2) is 0 Å². The van der Waals surface area contributed by atoms with Crippen molar-refractivity contribution in [3.63, 3.8) is 0 Å². The molecule has 0 radical (unpaired) electrons. The SMILES string of the molecule is CC[C@H]1SS[C@H](CC)S1. The smallest absolute Gasteiger partial charge is 0.0615 e. The summed E-state index contributed by atoms with van der Waals surface area (Å²) < 4.78 is 1.75. The van der Waals surface area contributed by atoms with Crippen LogP contribution in [0, 0.1) is 0 Å². The van der Waals surface area contributed by atoms with Crippen LogP contribution in [-0.2, 0) is 0 Å². The molecular weight excluding hydrogens is 168 g/mol. The lowest BCUT2D eigenvalue weighted by Gasteiger charge is -2.02. The van der Waals surface area contributed by atoms with Gasteiger partial charge >= 0.3 is 0 Å². The lowest BCUT2D eigenvalue weighted by atomic mass is 10.6. The van der Waals surface area contributed by atoms with E-state index in [1.54, 1.807) is 0 Å². The van der Waals surface area contributed by atoms with Crippen molar-refractivity contribution in [2.75, 3.05) is 0 Å². The molecule has 0 saturated carbocycles. The second-order valence-corrected chi connectivity index (χ2v) is 6.69. The highest BCUT2D eigenvalue weighted by atomic mass is 33.1. The van der Waals surface area contributed by atoms with E-state index in [0.29, 0.717) is 0 Å². The van der Waals surface area contributed by atoms with E-state index in [-0.39, 0.29) is 0 Å². The molecule has 0 nitrogen and oxygen atoms in total. The van der Waals surface area contributed by atoms with Gasteiger partial charge in [-0.05, 0) is 12.8 Å². The van der Waals surface area contributed by atoms with Crippen LogP contribution in [0.2, 0.25) is 0 Å². The van der Waals surface area contributed by atoms with Gasteiger partial charge in [-0.25, -0.2) is 0 Å². The van der Waals surface area contributed by atoms with E-state index in [9.17, 15) is 0 Å². The summed E-state index contributed by atoms with van der Waals surface area (Å²) in [4.78, 5) is 0. The van der Waals surface area contributed by atoms with Crippen molar-refractivity contribution >= 4 is 33.3 Å². The van der Waals surface area contributed by atoms with Gasteiger partial charge in [-0.2, -0.15) is 0 Å². The molecule has 0 bridgehead atoms. The third-order valence-electron chi connectivity index (χ3n) is 1.24. The molecule has 1 rings (SSSR count). The normalized spacial score (nSPS) is 35.3. The fourth-order valence-corrected chi connectivity index (χ4v) is 6.48. The van der Waals surface area contributed by atoms with E-state index in [0.717, 1.165) is 9.16 Å². The lowest BCUT2D eigenvalue weighted by molar-refractivity contribution is 1.03. The topological polar surface area (TPSA) is 0 Å². The number of rotatable bonds is 2. The monoisotopic (exact) mass is 180 g/mol. The number of thioether (sulfide) groups is 1. The van der Waals surface area contributed by atoms with Gasteiger partial charge < -0.3 is 0 Å². The van der Waals surface area contributed by atoms with Gasteiger partial charge in [0.05, 0.1) is 9.16 Å². The second kappa shape index (κ2) is 4.04. The van der Waals surface area contributed by atoms with Crippen LogP contribution in [-0.4, -0.2) is 9.16 Å². The van der Waals surface area contributed by atoms with Gasteiger partial charge in [0, 0.05) is 0 Å². The molecule has 0 spiro atoms. The van der Waals surface area contributed by atoms with Crippen molar-refractivity contribution < 1.29 is 0 Å². The minimum Gasteiger partial charge on any atom is -0.131 e. The molecule has 0 aliphatic carbocycles. The van der Waals surface area contributed by atoms with E-state index in [4.69, 9.17) is 0 Å². The summed E-state index contributed by atoms with van der Waals surface area (Å²) >= 11 is 2.14. The molecule has 0 N–H and O–H groups in total. The van der Waals surface area contributed by atoms with Crippen LogP contribution in [0.5, 0.6) is 0 Å². The van der Waals surface area contributed by atoms with Gasteiger partial charge in [-0.15, -0.1) is 11.8 Å². The van der Waals surface area contributed by atoms with Crippen LogP contribution < -0.4 is 0 Å². The summed E-state index contributed by atoms with van der Waals surface area (Å²) in [6.45, 7) is 4.53. The first kappa shape index (κ1) is 8.15. The third kappa shape index (κ3) is 2.28. The zero-order valence-electron chi connectivity index (χ0n) is 5.79. The molecule has 0 unspecified atom stereocenters. The summed E-state index contributed by atoms with van der Waals surface area (Å²) in [7, 11) is 4.11. The van der Waals surface area contributed by atoms with Crippen molar-refractivity contribution in [1.29, 1.82) is 0 Å². The maximum Gasteiger partial charge on any atom is 0.0615 e. The summed E-state index contributed by atoms with van der Waals surface area (Å²) in [6, 6.07) is 0. The molecule has 1 heterocycles. The quantitative estimate of drug-likeness (QED) is 0.596. The molecule has 1 aliphatic heterocycles. The molecule has 1 fully saturated rings. The Morgan fingerprint density at radius 3 is 1.67 bits per heavy atom. The number of hydrogen-bond donors (Lipinski definition) is 0. The van der Waals surface area contributed by atoms with Crippen LogP contribution in [0.3, 0.4) is 0 Å². The van der Waals surface area contributed by atoms with Crippen molar-refractivity contribution in [3.05, 3.63) is 0 Å². The van der Waals surface area contributed by atoms with Crippen LogP contribution in [0.25, 0.3) is 0 Å². The van der Waals surface area contributed by atoms with Crippen LogP contribution in [0.1, 0.15) is 26.7 Å². The van der Waals surface area contributed by atoms with Gasteiger partial charge in [0.2, 0.25) is 0 Å². The predicted octanol–water partition coefficient (Wildman–Crippen LogP) is 3.59. The molecule has 54 valence electrons. The van der Waals surface area contributed by atoms with Gasteiger partial charge in [0.1, 0.15) is 0 Å². The molecule has 3 heteroatoms. The van der Waals surface area contributed by atoms with Gasteiger partial charge in [0.25, 0.3) is 0 Å². The predicted molar refractivity (Wildman–Crippen MR) is 50.9 cm³/mol. The Bertz CT molecular complexity index is 74.4. The molecule has 1 aliphatic rings. The highest BCUT2D eigenvalue weighted by Gasteiger charge is 2.23. The fraction of sp³-hybridized carbons (Fsp3) is 1.00. The zero-order chi connectivity index (χ0) is 6.69. The molecule has 0 aromatic carbocycles. The highest BCUT2D eigenvalue weighted by Crippen LogP contribution is 2.52. The Morgan fingerprint density at radius 1 is 1.00 bits per heavy atom. The number of hydrogen-bond acceptors (Lipinski definition) is 3. The van der Waals surface area contributed by atoms with Crippen LogP contribution in [0.4, 0.5) is 0 Å². The fourth-order valence-electron chi connectivity index (χ4n) is 0.667. The summed E-state index contributed by atoms with van der Waals surface area (Å²) in [5.41, 5.74) is 0. The molecular formula is C6H12S3. The van der Waals surface area contributed by atoms with Crippen molar-refractivity contribution in [2.45, 2.75) is 35.9 Å². The van der Waals surface area contributed by atoms with Crippen molar-refractivity contribution in [3.8, 4) is 0 Å².